The van der Waals surface area contributed by atoms with E-state index in [-0.39, 0.29) is 25.4 Å². The summed E-state index contributed by atoms with van der Waals surface area (Å²) in [7, 11) is 4.83. The van der Waals surface area contributed by atoms with E-state index in [2.05, 4.69) is 12.2 Å². The topological polar surface area (TPSA) is 83.1 Å². The zero-order chi connectivity index (χ0) is 28.8. The van der Waals surface area contributed by atoms with E-state index < -0.39 is 17.7 Å². The molecule has 0 aliphatic rings. The average Bonchev–Trinajstić information content (AvgIpc) is 3.01. The number of carbonyl (C=O) groups is 2. The van der Waals surface area contributed by atoms with Gasteiger partial charge in [-0.15, -0.1) is 0 Å². The number of carbonyl (C=O) groups excluding carboxylic acids is 2. The molecule has 0 saturated carbocycles. The number of amides is 1. The second-order valence-corrected chi connectivity index (χ2v) is 9.60. The Bertz CT molecular complexity index is 1130. The molecule has 40 heavy (non-hydrogen) atoms. The SMILES string of the molecule is CCCCCC(COC(c1ccccc1)(c1ccc(OC)cc1)c1ccc(OC)cc1)OC(=O)CCC(=O)NC. The minimum absolute atomic E-state index is 0.0186. The lowest BCUT2D eigenvalue weighted by atomic mass is 9.80. The highest BCUT2D eigenvalue weighted by atomic mass is 16.6. The van der Waals surface area contributed by atoms with Gasteiger partial charge in [0.25, 0.3) is 0 Å². The maximum atomic E-state index is 12.7. The summed E-state index contributed by atoms with van der Waals surface area (Å²) in [6.45, 7) is 2.30. The van der Waals surface area contributed by atoms with Crippen LogP contribution < -0.4 is 14.8 Å². The lowest BCUT2D eigenvalue weighted by Gasteiger charge is -2.37. The molecule has 0 aliphatic carbocycles. The van der Waals surface area contributed by atoms with Gasteiger partial charge in [0.2, 0.25) is 5.91 Å². The van der Waals surface area contributed by atoms with Crippen molar-refractivity contribution in [2.75, 3.05) is 27.9 Å². The minimum atomic E-state index is -1.00. The van der Waals surface area contributed by atoms with E-state index in [1.807, 2.05) is 78.9 Å². The number of hydrogen-bond donors (Lipinski definition) is 1. The van der Waals surface area contributed by atoms with Crippen LogP contribution in [0, 0.1) is 0 Å². The zero-order valence-corrected chi connectivity index (χ0v) is 24.0. The summed E-state index contributed by atoms with van der Waals surface area (Å²) in [6, 6.07) is 25.7. The molecule has 0 fully saturated rings. The van der Waals surface area contributed by atoms with E-state index in [1.54, 1.807) is 21.3 Å². The third-order valence-corrected chi connectivity index (χ3v) is 6.92. The highest BCUT2D eigenvalue weighted by Crippen LogP contribution is 2.42. The number of ether oxygens (including phenoxy) is 4. The first-order chi connectivity index (χ1) is 19.5. The standard InChI is InChI=1S/C33H41NO6/c1-5-6-8-13-30(40-32(36)23-22-31(35)34-2)24-39-33(25-11-9-7-10-12-25,26-14-18-28(37-3)19-15-26)27-16-20-29(38-4)21-17-27/h7,9-12,14-21,30H,5-6,8,13,22-24H2,1-4H3,(H,34,35). The lowest BCUT2D eigenvalue weighted by molar-refractivity contribution is -0.156. The monoisotopic (exact) mass is 547 g/mol. The van der Waals surface area contributed by atoms with Gasteiger partial charge in [0.1, 0.15) is 23.2 Å². The van der Waals surface area contributed by atoms with E-state index in [9.17, 15) is 9.59 Å². The Morgan fingerprint density at radius 2 is 1.32 bits per heavy atom. The predicted molar refractivity (Wildman–Crippen MR) is 156 cm³/mol. The first kappa shape index (κ1) is 30.7. The molecule has 3 aromatic rings. The first-order valence-corrected chi connectivity index (χ1v) is 13.8. The zero-order valence-electron chi connectivity index (χ0n) is 24.0. The van der Waals surface area contributed by atoms with Gasteiger partial charge in [-0.1, -0.05) is 74.4 Å². The van der Waals surface area contributed by atoms with Gasteiger partial charge >= 0.3 is 5.97 Å². The third-order valence-electron chi connectivity index (χ3n) is 6.92. The minimum Gasteiger partial charge on any atom is -0.497 e. The van der Waals surface area contributed by atoms with Crippen LogP contribution in [-0.2, 0) is 24.7 Å². The van der Waals surface area contributed by atoms with Crippen LogP contribution in [0.5, 0.6) is 11.5 Å². The van der Waals surface area contributed by atoms with Gasteiger partial charge in [-0.05, 0) is 53.8 Å². The lowest BCUT2D eigenvalue weighted by Crippen LogP contribution is -2.37. The molecule has 3 aromatic carbocycles. The number of unbranched alkanes of at least 4 members (excludes halogenated alkanes) is 2. The molecular weight excluding hydrogens is 506 g/mol. The average molecular weight is 548 g/mol. The Labute approximate surface area is 237 Å². The van der Waals surface area contributed by atoms with Crippen molar-refractivity contribution in [3.63, 3.8) is 0 Å². The molecular formula is C33H41NO6. The van der Waals surface area contributed by atoms with Crippen molar-refractivity contribution in [3.8, 4) is 11.5 Å². The highest BCUT2D eigenvalue weighted by molar-refractivity contribution is 5.81. The van der Waals surface area contributed by atoms with Crippen molar-refractivity contribution in [1.82, 2.24) is 5.32 Å². The van der Waals surface area contributed by atoms with Gasteiger partial charge in [-0.3, -0.25) is 9.59 Å². The van der Waals surface area contributed by atoms with Crippen LogP contribution in [0.4, 0.5) is 0 Å². The van der Waals surface area contributed by atoms with Crippen LogP contribution in [0.15, 0.2) is 78.9 Å². The fourth-order valence-corrected chi connectivity index (χ4v) is 4.68. The van der Waals surface area contributed by atoms with Gasteiger partial charge in [-0.25, -0.2) is 0 Å². The van der Waals surface area contributed by atoms with Gasteiger partial charge in [0.05, 0.1) is 27.2 Å². The molecule has 1 amide bonds. The van der Waals surface area contributed by atoms with E-state index in [0.29, 0.717) is 6.42 Å². The normalized spacial score (nSPS) is 11.9. The first-order valence-electron chi connectivity index (χ1n) is 13.8. The number of benzene rings is 3. The number of nitrogens with one attached hydrogen (secondary N) is 1. The second kappa shape index (κ2) is 15.7. The number of hydrogen-bond acceptors (Lipinski definition) is 6. The molecule has 7 heteroatoms. The van der Waals surface area contributed by atoms with E-state index in [0.717, 1.165) is 47.5 Å². The van der Waals surface area contributed by atoms with Gasteiger partial charge in [-0.2, -0.15) is 0 Å². The van der Waals surface area contributed by atoms with Crippen molar-refractivity contribution >= 4 is 11.9 Å². The smallest absolute Gasteiger partial charge is 0.306 e. The number of esters is 1. The predicted octanol–water partition coefficient (Wildman–Crippen LogP) is 6.03. The van der Waals surface area contributed by atoms with Crippen molar-refractivity contribution < 1.29 is 28.5 Å². The van der Waals surface area contributed by atoms with Crippen LogP contribution in [0.2, 0.25) is 0 Å². The quantitative estimate of drug-likeness (QED) is 0.134. The van der Waals surface area contributed by atoms with Gasteiger partial charge in [0.15, 0.2) is 0 Å². The molecule has 0 radical (unpaired) electrons. The molecule has 0 saturated heterocycles. The molecule has 0 heterocycles. The largest absolute Gasteiger partial charge is 0.497 e. The number of rotatable bonds is 16. The molecule has 1 unspecified atom stereocenters. The molecule has 1 atom stereocenters. The van der Waals surface area contributed by atoms with Crippen molar-refractivity contribution in [2.24, 2.45) is 0 Å². The molecule has 1 N–H and O–H groups in total. The van der Waals surface area contributed by atoms with Crippen molar-refractivity contribution in [1.29, 1.82) is 0 Å². The molecule has 0 aromatic heterocycles. The maximum Gasteiger partial charge on any atom is 0.306 e. The van der Waals surface area contributed by atoms with Crippen LogP contribution in [0.1, 0.15) is 62.1 Å². The van der Waals surface area contributed by atoms with Crippen LogP contribution in [0.3, 0.4) is 0 Å². The molecule has 7 nitrogen and oxygen atoms in total. The van der Waals surface area contributed by atoms with E-state index >= 15 is 0 Å². The van der Waals surface area contributed by atoms with Crippen LogP contribution >= 0.6 is 0 Å². The second-order valence-electron chi connectivity index (χ2n) is 9.60. The Morgan fingerprint density at radius 3 is 1.82 bits per heavy atom. The molecule has 3 rings (SSSR count). The van der Waals surface area contributed by atoms with Gasteiger partial charge < -0.3 is 24.3 Å². The van der Waals surface area contributed by atoms with Crippen LogP contribution in [0.25, 0.3) is 0 Å². The molecule has 214 valence electrons. The fourth-order valence-electron chi connectivity index (χ4n) is 4.68. The molecule has 0 bridgehead atoms. The van der Waals surface area contributed by atoms with Crippen molar-refractivity contribution in [3.05, 3.63) is 95.6 Å². The van der Waals surface area contributed by atoms with E-state index in [4.69, 9.17) is 18.9 Å². The summed E-state index contributed by atoms with van der Waals surface area (Å²) >= 11 is 0. The highest BCUT2D eigenvalue weighted by Gasteiger charge is 2.39. The summed E-state index contributed by atoms with van der Waals surface area (Å²) < 4.78 is 23.7. The Balaban J connectivity index is 2.02. The Hall–Kier alpha value is -3.84. The summed E-state index contributed by atoms with van der Waals surface area (Å²) in [6.07, 6.45) is 3.26. The molecule has 0 aliphatic heterocycles. The number of methoxy groups -OCH3 is 2. The summed E-state index contributed by atoms with van der Waals surface area (Å²) in [5.74, 6) is 0.872. The van der Waals surface area contributed by atoms with Crippen molar-refractivity contribution in [2.45, 2.75) is 57.2 Å². The fraction of sp³-hybridized carbons (Fsp3) is 0.394. The molecule has 0 spiro atoms. The van der Waals surface area contributed by atoms with Gasteiger partial charge in [0, 0.05) is 13.5 Å². The Morgan fingerprint density at radius 1 is 0.775 bits per heavy atom. The summed E-state index contributed by atoms with van der Waals surface area (Å²) in [5, 5.41) is 2.54. The Kier molecular flexibility index (Phi) is 12.0. The summed E-state index contributed by atoms with van der Waals surface area (Å²) in [4.78, 5) is 24.4. The third kappa shape index (κ3) is 8.09. The maximum absolute atomic E-state index is 12.7. The summed E-state index contributed by atoms with van der Waals surface area (Å²) in [5.41, 5.74) is 1.74. The van der Waals surface area contributed by atoms with Crippen LogP contribution in [-0.4, -0.2) is 45.9 Å². The van der Waals surface area contributed by atoms with E-state index in [1.165, 1.54) is 0 Å².